The second-order valence-corrected chi connectivity index (χ2v) is 10.8. The van der Waals surface area contributed by atoms with Gasteiger partial charge in [0, 0.05) is 32.0 Å². The van der Waals surface area contributed by atoms with Crippen molar-refractivity contribution in [3.63, 3.8) is 0 Å². The van der Waals surface area contributed by atoms with Gasteiger partial charge in [0.2, 0.25) is 0 Å². The number of methoxy groups -OCH3 is 3. The average molecular weight is 465 g/mol. The van der Waals surface area contributed by atoms with Crippen molar-refractivity contribution in [2.24, 2.45) is 17.3 Å². The fraction of sp³-hybridized carbons (Fsp3) is 0.586. The molecule has 5 heteroatoms. The van der Waals surface area contributed by atoms with Crippen LogP contribution in [0.2, 0.25) is 0 Å². The highest BCUT2D eigenvalue weighted by Gasteiger charge is 2.63. The van der Waals surface area contributed by atoms with E-state index in [1.807, 2.05) is 25.3 Å². The molecule has 0 heterocycles. The molecule has 2 fully saturated rings. The Morgan fingerprint density at radius 1 is 1.06 bits per heavy atom. The number of hydrogen-bond donors (Lipinski definition) is 0. The number of benzene rings is 1. The Balaban J connectivity index is 1.65. The molecule has 5 rings (SSSR count). The van der Waals surface area contributed by atoms with E-state index in [0.717, 1.165) is 38.5 Å². The molecule has 5 nitrogen and oxygen atoms in total. The molecule has 0 saturated heterocycles. The second-order valence-electron chi connectivity index (χ2n) is 10.8. The van der Waals surface area contributed by atoms with Crippen LogP contribution < -0.4 is 0 Å². The van der Waals surface area contributed by atoms with Gasteiger partial charge in [0.15, 0.2) is 5.78 Å². The number of ketones is 1. The second kappa shape index (κ2) is 8.76. The van der Waals surface area contributed by atoms with E-state index >= 15 is 0 Å². The highest BCUT2D eigenvalue weighted by Crippen LogP contribution is 2.67. The van der Waals surface area contributed by atoms with E-state index in [2.05, 4.69) is 19.1 Å². The van der Waals surface area contributed by atoms with Crippen LogP contribution in [0.3, 0.4) is 0 Å². The smallest absolute Gasteiger partial charge is 0.337 e. The molecule has 0 spiro atoms. The Bertz CT molecular complexity index is 1050. The number of carbonyl (C=O) groups excluding carboxylic acids is 2. The summed E-state index contributed by atoms with van der Waals surface area (Å²) in [5.41, 5.74) is 5.71. The quantitative estimate of drug-likeness (QED) is 0.546. The topological polar surface area (TPSA) is 61.8 Å². The van der Waals surface area contributed by atoms with Gasteiger partial charge in [0.25, 0.3) is 0 Å². The fourth-order valence-electron chi connectivity index (χ4n) is 7.87. The Kier molecular flexibility index (Phi) is 6.06. The molecule has 5 atom stereocenters. The van der Waals surface area contributed by atoms with Crippen LogP contribution in [0.1, 0.15) is 73.7 Å². The van der Waals surface area contributed by atoms with Gasteiger partial charge in [-0.25, -0.2) is 4.79 Å². The number of rotatable bonds is 5. The van der Waals surface area contributed by atoms with Gasteiger partial charge in [-0.05, 0) is 85.3 Å². The van der Waals surface area contributed by atoms with Crippen LogP contribution >= 0.6 is 0 Å². The zero-order chi connectivity index (χ0) is 24.1. The highest BCUT2D eigenvalue weighted by molar-refractivity contribution is 5.93. The first-order chi connectivity index (χ1) is 16.4. The predicted molar refractivity (Wildman–Crippen MR) is 130 cm³/mol. The molecule has 4 aliphatic carbocycles. The van der Waals surface area contributed by atoms with Gasteiger partial charge in [0.1, 0.15) is 0 Å². The van der Waals surface area contributed by atoms with Crippen LogP contribution in [0.25, 0.3) is 0 Å². The molecule has 0 radical (unpaired) electrons. The summed E-state index contributed by atoms with van der Waals surface area (Å²) in [6.07, 6.45) is 8.56. The monoisotopic (exact) mass is 464 g/mol. The minimum absolute atomic E-state index is 0.0239. The van der Waals surface area contributed by atoms with E-state index in [1.54, 1.807) is 12.7 Å². The highest BCUT2D eigenvalue weighted by atomic mass is 16.5. The number of ether oxygens (including phenoxy) is 3. The van der Waals surface area contributed by atoms with Gasteiger partial charge in [-0.3, -0.25) is 4.79 Å². The Hall–Kier alpha value is -2.24. The lowest BCUT2D eigenvalue weighted by molar-refractivity contribution is -0.149. The van der Waals surface area contributed by atoms with Gasteiger partial charge in [-0.15, -0.1) is 0 Å². The Labute approximate surface area is 202 Å². The number of esters is 1. The first-order valence-electron chi connectivity index (χ1n) is 12.6. The van der Waals surface area contributed by atoms with Gasteiger partial charge in [-0.2, -0.15) is 0 Å². The van der Waals surface area contributed by atoms with Crippen LogP contribution in [0.5, 0.6) is 0 Å². The minimum atomic E-state index is -0.315. The Morgan fingerprint density at radius 3 is 2.50 bits per heavy atom. The van der Waals surface area contributed by atoms with Gasteiger partial charge in [-0.1, -0.05) is 24.6 Å². The summed E-state index contributed by atoms with van der Waals surface area (Å²) in [6, 6.07) is 7.95. The van der Waals surface area contributed by atoms with Gasteiger partial charge >= 0.3 is 5.97 Å². The fourth-order valence-corrected chi connectivity index (χ4v) is 7.87. The summed E-state index contributed by atoms with van der Waals surface area (Å²) in [7, 11) is 5.03. The van der Waals surface area contributed by atoms with Crippen molar-refractivity contribution in [3.05, 3.63) is 58.2 Å². The SMILES string of the molecule is COC[C@]1(OC)CCC2C3CCC4=CC(=O)CCC4=C3[C@@H](c3ccc(C(=O)OC)cc3)C[C@@]21C. The number of allylic oxidation sites excluding steroid dienone is 4. The van der Waals surface area contributed by atoms with E-state index in [4.69, 9.17) is 14.2 Å². The molecule has 0 aliphatic heterocycles. The molecular formula is C29H36O5. The van der Waals surface area contributed by atoms with Crippen molar-refractivity contribution in [1.29, 1.82) is 0 Å². The maximum absolute atomic E-state index is 12.2. The molecule has 0 bridgehead atoms. The van der Waals surface area contributed by atoms with E-state index in [0.29, 0.717) is 30.4 Å². The van der Waals surface area contributed by atoms with E-state index in [9.17, 15) is 9.59 Å². The number of hydrogen-bond acceptors (Lipinski definition) is 5. The Morgan fingerprint density at radius 2 is 1.82 bits per heavy atom. The molecule has 2 unspecified atom stereocenters. The molecule has 1 aromatic carbocycles. The minimum Gasteiger partial charge on any atom is -0.465 e. The van der Waals surface area contributed by atoms with Crippen LogP contribution in [-0.2, 0) is 19.0 Å². The lowest BCUT2D eigenvalue weighted by Gasteiger charge is -2.55. The molecular weight excluding hydrogens is 428 g/mol. The number of carbonyl (C=O) groups is 2. The van der Waals surface area contributed by atoms with Crippen molar-refractivity contribution in [3.8, 4) is 0 Å². The zero-order valence-corrected chi connectivity index (χ0v) is 20.8. The average Bonchev–Trinajstić information content (AvgIpc) is 3.15. The molecule has 182 valence electrons. The molecule has 34 heavy (non-hydrogen) atoms. The summed E-state index contributed by atoms with van der Waals surface area (Å²) >= 11 is 0. The normalized spacial score (nSPS) is 34.8. The maximum atomic E-state index is 12.2. The summed E-state index contributed by atoms with van der Waals surface area (Å²) in [4.78, 5) is 24.3. The van der Waals surface area contributed by atoms with Crippen molar-refractivity contribution < 1.29 is 23.8 Å². The third-order valence-electron chi connectivity index (χ3n) is 9.53. The largest absolute Gasteiger partial charge is 0.465 e. The predicted octanol–water partition coefficient (Wildman–Crippen LogP) is 5.40. The summed E-state index contributed by atoms with van der Waals surface area (Å²) in [5, 5.41) is 0. The summed E-state index contributed by atoms with van der Waals surface area (Å²) < 4.78 is 16.9. The summed E-state index contributed by atoms with van der Waals surface area (Å²) in [5.74, 6) is 1.20. The third-order valence-corrected chi connectivity index (χ3v) is 9.53. The van der Waals surface area contributed by atoms with Crippen molar-refractivity contribution in [2.75, 3.05) is 27.9 Å². The van der Waals surface area contributed by atoms with Crippen LogP contribution in [0.15, 0.2) is 47.1 Å². The third kappa shape index (κ3) is 3.43. The molecule has 4 aliphatic rings. The van der Waals surface area contributed by atoms with Crippen molar-refractivity contribution in [2.45, 2.75) is 63.4 Å². The van der Waals surface area contributed by atoms with Crippen LogP contribution in [0.4, 0.5) is 0 Å². The molecule has 0 amide bonds. The van der Waals surface area contributed by atoms with Gasteiger partial charge < -0.3 is 14.2 Å². The standard InChI is InChI=1S/C29H36O5/c1-28-16-24(18-5-7-19(8-6-18)27(31)33-3)26-22-12-10-21(30)15-20(22)9-11-23(26)25(28)13-14-29(28,34-4)17-32-2/h5-8,15,23-25H,9-14,16-17H2,1-4H3/t23?,24-,25?,28+,29-/m1/s1. The van der Waals surface area contributed by atoms with Crippen LogP contribution in [-0.4, -0.2) is 45.3 Å². The van der Waals surface area contributed by atoms with Gasteiger partial charge in [0.05, 0.1) is 24.9 Å². The first-order valence-corrected chi connectivity index (χ1v) is 12.6. The lowest BCUT2D eigenvalue weighted by atomic mass is 9.51. The van der Waals surface area contributed by atoms with Crippen molar-refractivity contribution >= 4 is 11.8 Å². The molecule has 0 N–H and O–H groups in total. The van der Waals surface area contributed by atoms with E-state index in [-0.39, 0.29) is 28.7 Å². The van der Waals surface area contributed by atoms with Crippen LogP contribution in [0, 0.1) is 17.3 Å². The summed E-state index contributed by atoms with van der Waals surface area (Å²) in [6.45, 7) is 3.02. The van der Waals surface area contributed by atoms with Crippen molar-refractivity contribution in [1.82, 2.24) is 0 Å². The molecule has 2 saturated carbocycles. The number of fused-ring (bicyclic) bond motifs is 4. The lowest BCUT2D eigenvalue weighted by Crippen LogP contribution is -2.54. The van der Waals surface area contributed by atoms with E-state index < -0.39 is 0 Å². The first kappa shape index (κ1) is 23.5. The maximum Gasteiger partial charge on any atom is 0.337 e. The zero-order valence-electron chi connectivity index (χ0n) is 20.8. The molecule has 1 aromatic rings. The van der Waals surface area contributed by atoms with E-state index in [1.165, 1.54) is 23.8 Å². The molecule has 0 aromatic heterocycles.